The summed E-state index contributed by atoms with van der Waals surface area (Å²) in [6.07, 6.45) is 7.95. The van der Waals surface area contributed by atoms with Gasteiger partial charge in [0.1, 0.15) is 6.10 Å². The summed E-state index contributed by atoms with van der Waals surface area (Å²) in [7, 11) is 0. The van der Waals surface area contributed by atoms with Crippen molar-refractivity contribution in [3.63, 3.8) is 0 Å². The molecular weight excluding hydrogens is 240 g/mol. The van der Waals surface area contributed by atoms with Gasteiger partial charge in [-0.3, -0.25) is 4.68 Å². The minimum absolute atomic E-state index is 0.350. The third kappa shape index (κ3) is 2.56. The highest BCUT2D eigenvalue weighted by atomic mass is 16.3. The van der Waals surface area contributed by atoms with Crippen LogP contribution in [-0.4, -0.2) is 24.4 Å². The van der Waals surface area contributed by atoms with Crippen molar-refractivity contribution < 1.29 is 5.11 Å². The van der Waals surface area contributed by atoms with E-state index in [1.165, 1.54) is 12.8 Å². The van der Waals surface area contributed by atoms with Crippen molar-refractivity contribution >= 4 is 0 Å². The van der Waals surface area contributed by atoms with Gasteiger partial charge in [0, 0.05) is 24.7 Å². The Bertz CT molecular complexity index is 553. The minimum Gasteiger partial charge on any atom is -0.386 e. The van der Waals surface area contributed by atoms with E-state index in [9.17, 15) is 5.11 Å². The van der Waals surface area contributed by atoms with Gasteiger partial charge < -0.3 is 9.67 Å². The molecule has 0 radical (unpaired) electrons. The first-order chi connectivity index (χ1) is 9.15. The topological polar surface area (TPSA) is 55.9 Å². The van der Waals surface area contributed by atoms with Gasteiger partial charge in [-0.2, -0.15) is 5.10 Å². The second-order valence-corrected chi connectivity index (χ2v) is 5.56. The van der Waals surface area contributed by atoms with Crippen LogP contribution in [0.1, 0.15) is 56.3 Å². The molecule has 1 unspecified atom stereocenters. The molecule has 19 heavy (non-hydrogen) atoms. The lowest BCUT2D eigenvalue weighted by atomic mass is 10.1. The molecule has 1 N–H and O–H groups in total. The van der Waals surface area contributed by atoms with Crippen LogP contribution in [0.2, 0.25) is 0 Å². The maximum Gasteiger partial charge on any atom is 0.101 e. The minimum atomic E-state index is -0.529. The monoisotopic (exact) mass is 260 g/mol. The summed E-state index contributed by atoms with van der Waals surface area (Å²) in [6, 6.07) is 2.87. The number of hydrogen-bond donors (Lipinski definition) is 1. The summed E-state index contributed by atoms with van der Waals surface area (Å²) in [6.45, 7) is 4.19. The number of rotatable bonds is 5. The van der Waals surface area contributed by atoms with Gasteiger partial charge in [-0.05, 0) is 32.8 Å². The maximum absolute atomic E-state index is 10.4. The summed E-state index contributed by atoms with van der Waals surface area (Å²) in [4.78, 5) is 4.16. The number of aliphatic hydroxyl groups is 1. The lowest BCUT2D eigenvalue weighted by Gasteiger charge is -2.12. The largest absolute Gasteiger partial charge is 0.386 e. The van der Waals surface area contributed by atoms with Gasteiger partial charge in [0.2, 0.25) is 0 Å². The van der Waals surface area contributed by atoms with Gasteiger partial charge in [0.15, 0.2) is 0 Å². The molecule has 102 valence electrons. The average molecular weight is 260 g/mol. The third-order valence-electron chi connectivity index (χ3n) is 3.57. The van der Waals surface area contributed by atoms with Gasteiger partial charge in [-0.15, -0.1) is 0 Å². The van der Waals surface area contributed by atoms with Crippen LogP contribution in [0.3, 0.4) is 0 Å². The first kappa shape index (κ1) is 12.4. The Kier molecular flexibility index (Phi) is 3.14. The fourth-order valence-corrected chi connectivity index (χ4v) is 2.31. The van der Waals surface area contributed by atoms with E-state index in [0.29, 0.717) is 18.5 Å². The summed E-state index contributed by atoms with van der Waals surface area (Å²) in [5, 5.41) is 14.8. The van der Waals surface area contributed by atoms with E-state index >= 15 is 0 Å². The van der Waals surface area contributed by atoms with Crippen molar-refractivity contribution in [2.45, 2.75) is 51.3 Å². The molecule has 1 atom stereocenters. The van der Waals surface area contributed by atoms with Crippen LogP contribution in [0, 0.1) is 0 Å². The fraction of sp³-hybridized carbons (Fsp3) is 0.571. The molecular formula is C14H20N4O. The van der Waals surface area contributed by atoms with Crippen molar-refractivity contribution in [2.24, 2.45) is 0 Å². The highest BCUT2D eigenvalue weighted by Gasteiger charge is 2.27. The molecule has 5 nitrogen and oxygen atoms in total. The van der Waals surface area contributed by atoms with Crippen LogP contribution in [-0.2, 0) is 6.42 Å². The van der Waals surface area contributed by atoms with Gasteiger partial charge in [-0.1, -0.05) is 0 Å². The Morgan fingerprint density at radius 1 is 1.42 bits per heavy atom. The second-order valence-electron chi connectivity index (χ2n) is 5.56. The molecule has 1 aliphatic rings. The van der Waals surface area contributed by atoms with E-state index in [2.05, 4.69) is 28.5 Å². The van der Waals surface area contributed by atoms with Crippen molar-refractivity contribution in [3.8, 4) is 0 Å². The Balaban J connectivity index is 1.72. The molecule has 1 fully saturated rings. The summed E-state index contributed by atoms with van der Waals surface area (Å²) < 4.78 is 4.02. The Morgan fingerprint density at radius 3 is 2.84 bits per heavy atom. The molecule has 0 spiro atoms. The summed E-state index contributed by atoms with van der Waals surface area (Å²) in [5.41, 5.74) is 1.83. The quantitative estimate of drug-likeness (QED) is 0.897. The normalized spacial score (nSPS) is 17.1. The smallest absolute Gasteiger partial charge is 0.101 e. The van der Waals surface area contributed by atoms with E-state index in [4.69, 9.17) is 0 Å². The van der Waals surface area contributed by atoms with Gasteiger partial charge in [0.05, 0.1) is 23.9 Å². The van der Waals surface area contributed by atoms with Crippen molar-refractivity contribution in [3.05, 3.63) is 36.2 Å². The molecule has 0 saturated heterocycles. The zero-order valence-corrected chi connectivity index (χ0v) is 11.4. The van der Waals surface area contributed by atoms with Crippen LogP contribution < -0.4 is 0 Å². The van der Waals surface area contributed by atoms with Crippen LogP contribution in [0.25, 0.3) is 0 Å². The number of aliphatic hydroxyl groups excluding tert-OH is 1. The number of nitrogens with zero attached hydrogens (tertiary/aromatic N) is 4. The number of hydrogen-bond acceptors (Lipinski definition) is 3. The molecule has 1 aliphatic carbocycles. The van der Waals surface area contributed by atoms with Crippen LogP contribution in [0.5, 0.6) is 0 Å². The van der Waals surface area contributed by atoms with E-state index in [1.54, 1.807) is 6.20 Å². The zero-order valence-electron chi connectivity index (χ0n) is 11.4. The SMILES string of the molecule is CC(C)n1ccc(CC(O)c2cncn2C2CC2)n1. The third-order valence-corrected chi connectivity index (χ3v) is 3.57. The Hall–Kier alpha value is -1.62. The lowest BCUT2D eigenvalue weighted by Crippen LogP contribution is -2.09. The fourth-order valence-electron chi connectivity index (χ4n) is 2.31. The molecule has 2 heterocycles. The highest BCUT2D eigenvalue weighted by molar-refractivity contribution is 5.11. The van der Waals surface area contributed by atoms with E-state index in [-0.39, 0.29) is 0 Å². The van der Waals surface area contributed by atoms with Gasteiger partial charge in [0.25, 0.3) is 0 Å². The maximum atomic E-state index is 10.4. The van der Waals surface area contributed by atoms with E-state index in [0.717, 1.165) is 11.4 Å². The molecule has 3 rings (SSSR count). The van der Waals surface area contributed by atoms with Crippen molar-refractivity contribution in [2.75, 3.05) is 0 Å². The number of aromatic nitrogens is 4. The van der Waals surface area contributed by atoms with E-state index < -0.39 is 6.10 Å². The molecule has 0 amide bonds. The van der Waals surface area contributed by atoms with Gasteiger partial charge >= 0.3 is 0 Å². The first-order valence-corrected chi connectivity index (χ1v) is 6.89. The molecule has 0 bridgehead atoms. The predicted molar refractivity (Wildman–Crippen MR) is 71.8 cm³/mol. The Labute approximate surface area is 112 Å². The molecule has 0 aromatic carbocycles. The molecule has 0 aliphatic heterocycles. The molecule has 2 aromatic heterocycles. The summed E-state index contributed by atoms with van der Waals surface area (Å²) in [5.74, 6) is 0. The van der Waals surface area contributed by atoms with Crippen LogP contribution >= 0.6 is 0 Å². The second kappa shape index (κ2) is 4.81. The Morgan fingerprint density at radius 2 is 2.21 bits per heavy atom. The number of imidazole rings is 1. The lowest BCUT2D eigenvalue weighted by molar-refractivity contribution is 0.167. The zero-order chi connectivity index (χ0) is 13.4. The van der Waals surface area contributed by atoms with Gasteiger partial charge in [-0.25, -0.2) is 4.98 Å². The highest BCUT2D eigenvalue weighted by Crippen LogP contribution is 2.37. The van der Waals surface area contributed by atoms with Crippen molar-refractivity contribution in [1.82, 2.24) is 19.3 Å². The molecule has 5 heteroatoms. The average Bonchev–Trinajstić information content (AvgIpc) is 2.92. The molecule has 1 saturated carbocycles. The van der Waals surface area contributed by atoms with Crippen molar-refractivity contribution in [1.29, 1.82) is 0 Å². The summed E-state index contributed by atoms with van der Waals surface area (Å²) >= 11 is 0. The van der Waals surface area contributed by atoms with E-state index in [1.807, 2.05) is 23.3 Å². The van der Waals surface area contributed by atoms with Crippen LogP contribution in [0.15, 0.2) is 24.8 Å². The predicted octanol–water partition coefficient (Wildman–Crippen LogP) is 2.27. The first-order valence-electron chi connectivity index (χ1n) is 6.89. The van der Waals surface area contributed by atoms with Crippen LogP contribution in [0.4, 0.5) is 0 Å². The molecule has 2 aromatic rings. The standard InChI is InChI=1S/C14H20N4O/c1-10(2)18-6-5-11(16-18)7-14(19)13-8-15-9-17(13)12-3-4-12/h5-6,8-10,12,14,19H,3-4,7H2,1-2H3.